The van der Waals surface area contributed by atoms with E-state index in [2.05, 4.69) is 13.5 Å². The molecule has 0 aromatic heterocycles. The zero-order valence-corrected chi connectivity index (χ0v) is 11.2. The Balaban J connectivity index is 2.53. The normalized spacial score (nSPS) is 12.1. The van der Waals surface area contributed by atoms with Gasteiger partial charge in [0.05, 0.1) is 0 Å². The molecule has 4 N–H and O–H groups in total. The van der Waals surface area contributed by atoms with Gasteiger partial charge in [-0.1, -0.05) is 6.07 Å². The third-order valence-corrected chi connectivity index (χ3v) is 2.54. The second-order valence-corrected chi connectivity index (χ2v) is 5.59. The highest BCUT2D eigenvalue weighted by molar-refractivity contribution is 7.84. The lowest BCUT2D eigenvalue weighted by Crippen LogP contribution is -2.19. The molecule has 1 rings (SSSR count). The summed E-state index contributed by atoms with van der Waals surface area (Å²) in [5.41, 5.74) is 0. The molecule has 9 nitrogen and oxygen atoms in total. The molecule has 0 aliphatic heterocycles. The van der Waals surface area contributed by atoms with Gasteiger partial charge in [-0.25, -0.2) is 5.14 Å². The zero-order chi connectivity index (χ0) is 14.5. The van der Waals surface area contributed by atoms with Crippen LogP contribution in [0.4, 0.5) is 0 Å². The third kappa shape index (κ3) is 7.58. The number of rotatable bonds is 7. The molecule has 0 bridgehead atoms. The number of hydrogen-bond donors (Lipinski definition) is 2. The van der Waals surface area contributed by atoms with Gasteiger partial charge in [0.25, 0.3) is 0 Å². The van der Waals surface area contributed by atoms with Crippen molar-refractivity contribution in [3.63, 3.8) is 0 Å². The van der Waals surface area contributed by atoms with Crippen LogP contribution in [0, 0.1) is 0 Å². The zero-order valence-electron chi connectivity index (χ0n) is 9.55. The van der Waals surface area contributed by atoms with Gasteiger partial charge in [0, 0.05) is 6.07 Å². The summed E-state index contributed by atoms with van der Waals surface area (Å²) in [4.78, 5) is 0. The molecule has 0 unspecified atom stereocenters. The van der Waals surface area contributed by atoms with Crippen LogP contribution in [0.5, 0.6) is 11.5 Å². The van der Waals surface area contributed by atoms with Crippen molar-refractivity contribution in [3.05, 3.63) is 24.3 Å². The van der Waals surface area contributed by atoms with Crippen LogP contribution >= 0.6 is 0 Å². The van der Waals surface area contributed by atoms with Crippen molar-refractivity contribution < 1.29 is 29.9 Å². The van der Waals surface area contributed by atoms with Crippen LogP contribution in [-0.4, -0.2) is 30.0 Å². The molecule has 1 aromatic carbocycles. The quantitative estimate of drug-likeness (QED) is 0.605. The monoisotopic (exact) mass is 312 g/mol. The Labute approximate surface area is 110 Å². The van der Waals surface area contributed by atoms with Gasteiger partial charge in [0.15, 0.2) is 0 Å². The summed E-state index contributed by atoms with van der Waals surface area (Å²) in [6.45, 7) is -0.381. The van der Waals surface area contributed by atoms with E-state index in [0.717, 1.165) is 0 Å². The molecular weight excluding hydrogens is 300 g/mol. The fourth-order valence-corrected chi connectivity index (χ4v) is 1.73. The molecule has 0 fully saturated rings. The maximum absolute atomic E-state index is 10.7. The van der Waals surface area contributed by atoms with Crippen molar-refractivity contribution in [3.8, 4) is 11.5 Å². The fourth-order valence-electron chi connectivity index (χ4n) is 1.06. The van der Waals surface area contributed by atoms with Crippen molar-refractivity contribution in [1.29, 1.82) is 0 Å². The molecule has 0 atom stereocenters. The predicted molar refractivity (Wildman–Crippen MR) is 64.7 cm³/mol. The summed E-state index contributed by atoms with van der Waals surface area (Å²) in [6.07, 6.45) is 0. The molecular formula is C8H12N2O7S2. The summed E-state index contributed by atoms with van der Waals surface area (Å²) >= 11 is 0. The van der Waals surface area contributed by atoms with Crippen molar-refractivity contribution in [1.82, 2.24) is 0 Å². The lowest BCUT2D eigenvalue weighted by Gasteiger charge is -2.07. The number of ether oxygens (including phenoxy) is 1. The van der Waals surface area contributed by atoms with Gasteiger partial charge in [-0.05, 0) is 12.1 Å². The van der Waals surface area contributed by atoms with Crippen molar-refractivity contribution in [2.45, 2.75) is 0 Å². The van der Waals surface area contributed by atoms with Crippen LogP contribution in [0.1, 0.15) is 0 Å². The van der Waals surface area contributed by atoms with Crippen molar-refractivity contribution in [2.75, 3.05) is 13.2 Å². The molecule has 0 saturated carbocycles. The first-order chi connectivity index (χ1) is 8.66. The van der Waals surface area contributed by atoms with E-state index < -0.39 is 20.6 Å². The van der Waals surface area contributed by atoms with E-state index >= 15 is 0 Å². The molecule has 0 aliphatic carbocycles. The molecule has 0 saturated heterocycles. The van der Waals surface area contributed by atoms with Gasteiger partial charge in [-0.2, -0.15) is 22.0 Å². The van der Waals surface area contributed by atoms with Crippen LogP contribution in [0.3, 0.4) is 0 Å². The second-order valence-electron chi connectivity index (χ2n) is 3.21. The largest absolute Gasteiger partial charge is 0.491 e. The summed E-state index contributed by atoms with van der Waals surface area (Å²) in [6, 6.07) is 5.60. The Morgan fingerprint density at radius 2 is 1.58 bits per heavy atom. The number of nitrogens with two attached hydrogens (primary N) is 2. The summed E-state index contributed by atoms with van der Waals surface area (Å²) in [7, 11) is -8.13. The first-order valence-corrected chi connectivity index (χ1v) is 7.72. The van der Waals surface area contributed by atoms with Crippen LogP contribution < -0.4 is 19.2 Å². The average Bonchev–Trinajstić information content (AvgIpc) is 2.21. The van der Waals surface area contributed by atoms with Gasteiger partial charge in [-0.3, -0.25) is 4.18 Å². The van der Waals surface area contributed by atoms with Crippen LogP contribution in [0.2, 0.25) is 0 Å². The van der Waals surface area contributed by atoms with Crippen LogP contribution in [0.15, 0.2) is 24.3 Å². The minimum Gasteiger partial charge on any atom is -0.491 e. The highest BCUT2D eigenvalue weighted by Gasteiger charge is 2.06. The Morgan fingerprint density at radius 3 is 2.16 bits per heavy atom. The first kappa shape index (κ1) is 15.7. The van der Waals surface area contributed by atoms with E-state index in [4.69, 9.17) is 9.88 Å². The molecule has 0 amide bonds. The van der Waals surface area contributed by atoms with E-state index in [1.165, 1.54) is 24.3 Å². The van der Waals surface area contributed by atoms with Crippen LogP contribution in [0.25, 0.3) is 0 Å². The highest BCUT2D eigenvalue weighted by atomic mass is 32.2. The number of hydrogen-bond acceptors (Lipinski definition) is 7. The topological polar surface area (TPSA) is 148 Å². The average molecular weight is 312 g/mol. The lowest BCUT2D eigenvalue weighted by atomic mass is 10.3. The van der Waals surface area contributed by atoms with Crippen molar-refractivity contribution in [2.24, 2.45) is 10.3 Å². The molecule has 11 heteroatoms. The minimum atomic E-state index is -4.11. The molecule has 0 radical (unpaired) electrons. The Hall–Kier alpha value is -1.40. The van der Waals surface area contributed by atoms with Crippen LogP contribution in [-0.2, 0) is 24.8 Å². The van der Waals surface area contributed by atoms with Gasteiger partial charge in [0.2, 0.25) is 0 Å². The standard InChI is InChI=1S/C8H12N2O7S2/c9-18(11,12)16-5-4-15-7-2-1-3-8(6-7)17-19(10,13)14/h1-3,6H,4-5H2,(H2,9,11,12)(H2,10,13,14). The summed E-state index contributed by atoms with van der Waals surface area (Å²) < 4.78 is 56.1. The molecule has 108 valence electrons. The molecule has 0 heterocycles. The SMILES string of the molecule is NS(=O)(=O)OCCOc1cccc(OS(N)(=O)=O)c1. The van der Waals surface area contributed by atoms with Gasteiger partial charge in [0.1, 0.15) is 24.7 Å². The summed E-state index contributed by atoms with van der Waals surface area (Å²) in [5, 5.41) is 9.30. The lowest BCUT2D eigenvalue weighted by molar-refractivity contribution is 0.221. The smallest absolute Gasteiger partial charge is 0.380 e. The van der Waals surface area contributed by atoms with Gasteiger partial charge < -0.3 is 8.92 Å². The molecule has 0 aliphatic rings. The van der Waals surface area contributed by atoms with Gasteiger partial charge >= 0.3 is 20.6 Å². The predicted octanol–water partition coefficient (Wildman–Crippen LogP) is -1.13. The van der Waals surface area contributed by atoms with E-state index in [0.29, 0.717) is 0 Å². The summed E-state index contributed by atoms with van der Waals surface area (Å²) in [5.74, 6) is 0.214. The molecule has 0 spiro atoms. The van der Waals surface area contributed by atoms with Gasteiger partial charge in [-0.15, -0.1) is 0 Å². The Morgan fingerprint density at radius 1 is 0.947 bits per heavy atom. The second kappa shape index (κ2) is 6.16. The van der Waals surface area contributed by atoms with E-state index in [1.54, 1.807) is 0 Å². The number of benzene rings is 1. The maximum atomic E-state index is 10.7. The Bertz CT molecular complexity index is 626. The minimum absolute atomic E-state index is 0.0348. The highest BCUT2D eigenvalue weighted by Crippen LogP contribution is 2.20. The molecule has 1 aromatic rings. The molecule has 19 heavy (non-hydrogen) atoms. The third-order valence-electron chi connectivity index (χ3n) is 1.62. The van der Waals surface area contributed by atoms with Crippen molar-refractivity contribution >= 4 is 20.6 Å². The fraction of sp³-hybridized carbons (Fsp3) is 0.250. The Kier molecular flexibility index (Phi) is 5.08. The maximum Gasteiger partial charge on any atom is 0.380 e. The van der Waals surface area contributed by atoms with E-state index in [9.17, 15) is 16.8 Å². The van der Waals surface area contributed by atoms with E-state index in [1.807, 2.05) is 0 Å². The first-order valence-electron chi connectivity index (χ1n) is 4.78. The van der Waals surface area contributed by atoms with E-state index in [-0.39, 0.29) is 24.7 Å².